The van der Waals surface area contributed by atoms with Gasteiger partial charge in [0, 0.05) is 25.1 Å². The largest absolute Gasteiger partial charge is 0.393 e. The third-order valence-corrected chi connectivity index (χ3v) is 3.92. The van der Waals surface area contributed by atoms with Gasteiger partial charge in [-0.25, -0.2) is 0 Å². The van der Waals surface area contributed by atoms with Crippen molar-refractivity contribution in [2.24, 2.45) is 0 Å². The summed E-state index contributed by atoms with van der Waals surface area (Å²) in [6.07, 6.45) is 3.48. The van der Waals surface area contributed by atoms with Gasteiger partial charge >= 0.3 is 0 Å². The van der Waals surface area contributed by atoms with E-state index >= 15 is 0 Å². The van der Waals surface area contributed by atoms with Crippen molar-refractivity contribution in [1.82, 2.24) is 15.0 Å². The molecular weight excluding hydrogens is 266 g/mol. The molecule has 5 heteroatoms. The molecule has 2 aromatic rings. The zero-order chi connectivity index (χ0) is 14.5. The molecule has 1 aromatic carbocycles. The van der Waals surface area contributed by atoms with Crippen LogP contribution in [0.3, 0.4) is 0 Å². The molecule has 1 aliphatic heterocycles. The monoisotopic (exact) mass is 287 g/mol. The van der Waals surface area contributed by atoms with E-state index in [1.165, 1.54) is 0 Å². The van der Waals surface area contributed by atoms with Crippen molar-refractivity contribution in [2.75, 3.05) is 19.6 Å². The fraction of sp³-hybridized carbons (Fsp3) is 0.500. The first kappa shape index (κ1) is 14.2. The van der Waals surface area contributed by atoms with Gasteiger partial charge < -0.3 is 14.5 Å². The van der Waals surface area contributed by atoms with Gasteiger partial charge in [-0.05, 0) is 25.8 Å². The minimum absolute atomic E-state index is 0.106. The van der Waals surface area contributed by atoms with E-state index in [9.17, 15) is 5.11 Å². The van der Waals surface area contributed by atoms with Crippen LogP contribution in [0.1, 0.15) is 25.2 Å². The van der Waals surface area contributed by atoms with Gasteiger partial charge in [0.1, 0.15) is 0 Å². The highest BCUT2D eigenvalue weighted by atomic mass is 16.5. The van der Waals surface area contributed by atoms with E-state index in [-0.39, 0.29) is 6.10 Å². The Kier molecular flexibility index (Phi) is 4.62. The van der Waals surface area contributed by atoms with Gasteiger partial charge in [0.15, 0.2) is 0 Å². The van der Waals surface area contributed by atoms with Crippen molar-refractivity contribution >= 4 is 0 Å². The zero-order valence-corrected chi connectivity index (χ0v) is 12.1. The maximum Gasteiger partial charge on any atom is 0.227 e. The standard InChI is InChI=1S/C16H21N3O2/c20-14-8-11-19(12-9-14)10-4-7-15-17-16(18-21-15)13-5-2-1-3-6-13/h1-3,5-6,14,20H,4,7-12H2. The highest BCUT2D eigenvalue weighted by Crippen LogP contribution is 2.16. The van der Waals surface area contributed by atoms with Crippen molar-refractivity contribution < 1.29 is 9.63 Å². The number of hydrogen-bond acceptors (Lipinski definition) is 5. The van der Waals surface area contributed by atoms with Crippen LogP contribution in [0.2, 0.25) is 0 Å². The second kappa shape index (κ2) is 6.83. The van der Waals surface area contributed by atoms with Crippen molar-refractivity contribution in [1.29, 1.82) is 0 Å². The van der Waals surface area contributed by atoms with E-state index in [1.807, 2.05) is 30.3 Å². The van der Waals surface area contributed by atoms with Gasteiger partial charge in [0.25, 0.3) is 0 Å². The first-order valence-electron chi connectivity index (χ1n) is 7.60. The molecule has 0 bridgehead atoms. The maximum atomic E-state index is 9.48. The summed E-state index contributed by atoms with van der Waals surface area (Å²) < 4.78 is 5.31. The Labute approximate surface area is 124 Å². The number of benzene rings is 1. The molecule has 0 amide bonds. The first-order valence-corrected chi connectivity index (χ1v) is 7.60. The summed E-state index contributed by atoms with van der Waals surface area (Å²) in [6, 6.07) is 9.87. The van der Waals surface area contributed by atoms with Crippen LogP contribution < -0.4 is 0 Å². The molecule has 0 radical (unpaired) electrons. The zero-order valence-electron chi connectivity index (χ0n) is 12.1. The summed E-state index contributed by atoms with van der Waals surface area (Å²) in [5.74, 6) is 1.36. The summed E-state index contributed by atoms with van der Waals surface area (Å²) in [7, 11) is 0. The Morgan fingerprint density at radius 3 is 2.71 bits per heavy atom. The van der Waals surface area contributed by atoms with Crippen molar-refractivity contribution in [2.45, 2.75) is 31.8 Å². The predicted octanol–water partition coefficient (Wildman–Crippen LogP) is 2.13. The lowest BCUT2D eigenvalue weighted by molar-refractivity contribution is 0.0818. The Hall–Kier alpha value is -1.72. The van der Waals surface area contributed by atoms with Crippen molar-refractivity contribution in [3.63, 3.8) is 0 Å². The number of nitrogens with zero attached hydrogens (tertiary/aromatic N) is 3. The average molecular weight is 287 g/mol. The second-order valence-electron chi connectivity index (χ2n) is 5.55. The molecule has 112 valence electrons. The molecule has 1 fully saturated rings. The Balaban J connectivity index is 1.47. The lowest BCUT2D eigenvalue weighted by atomic mass is 10.1. The van der Waals surface area contributed by atoms with Crippen LogP contribution in [-0.2, 0) is 6.42 Å². The van der Waals surface area contributed by atoms with E-state index in [1.54, 1.807) is 0 Å². The number of aryl methyl sites for hydroxylation is 1. The molecule has 21 heavy (non-hydrogen) atoms. The molecular formula is C16H21N3O2. The minimum atomic E-state index is -0.106. The van der Waals surface area contributed by atoms with E-state index in [4.69, 9.17) is 4.52 Å². The molecule has 1 N–H and O–H groups in total. The fourth-order valence-electron chi connectivity index (χ4n) is 2.66. The van der Waals surface area contributed by atoms with Crippen LogP contribution >= 0.6 is 0 Å². The summed E-state index contributed by atoms with van der Waals surface area (Å²) in [5, 5.41) is 13.5. The molecule has 1 aromatic heterocycles. The smallest absolute Gasteiger partial charge is 0.227 e. The lowest BCUT2D eigenvalue weighted by Gasteiger charge is -2.29. The van der Waals surface area contributed by atoms with E-state index in [0.717, 1.165) is 50.9 Å². The van der Waals surface area contributed by atoms with Gasteiger partial charge in [-0.1, -0.05) is 35.5 Å². The first-order chi connectivity index (χ1) is 10.3. The van der Waals surface area contributed by atoms with Crippen LogP contribution in [-0.4, -0.2) is 45.9 Å². The molecule has 0 aliphatic carbocycles. The summed E-state index contributed by atoms with van der Waals surface area (Å²) in [5.41, 5.74) is 0.984. The number of hydrogen-bond donors (Lipinski definition) is 1. The SMILES string of the molecule is OC1CCN(CCCc2nc(-c3ccccc3)no2)CC1. The molecule has 3 rings (SSSR count). The second-order valence-corrected chi connectivity index (χ2v) is 5.55. The average Bonchev–Trinajstić information content (AvgIpc) is 2.99. The van der Waals surface area contributed by atoms with E-state index in [2.05, 4.69) is 15.0 Å². The summed E-state index contributed by atoms with van der Waals surface area (Å²) in [4.78, 5) is 6.83. The molecule has 1 aliphatic rings. The Morgan fingerprint density at radius 2 is 1.95 bits per heavy atom. The molecule has 0 atom stereocenters. The van der Waals surface area contributed by atoms with Gasteiger partial charge in [0.2, 0.25) is 11.7 Å². The third-order valence-electron chi connectivity index (χ3n) is 3.92. The van der Waals surface area contributed by atoms with E-state index < -0.39 is 0 Å². The maximum absolute atomic E-state index is 9.48. The van der Waals surface area contributed by atoms with Crippen molar-refractivity contribution in [3.05, 3.63) is 36.2 Å². The van der Waals surface area contributed by atoms with Crippen molar-refractivity contribution in [3.8, 4) is 11.4 Å². The molecule has 0 spiro atoms. The predicted molar refractivity (Wildman–Crippen MR) is 79.7 cm³/mol. The van der Waals surface area contributed by atoms with Crippen LogP contribution in [0.15, 0.2) is 34.9 Å². The molecule has 0 unspecified atom stereocenters. The molecule has 5 nitrogen and oxygen atoms in total. The minimum Gasteiger partial charge on any atom is -0.393 e. The molecule has 1 saturated heterocycles. The quantitative estimate of drug-likeness (QED) is 0.912. The number of aromatic nitrogens is 2. The highest BCUT2D eigenvalue weighted by Gasteiger charge is 2.16. The van der Waals surface area contributed by atoms with Crippen LogP contribution in [0.4, 0.5) is 0 Å². The Morgan fingerprint density at radius 1 is 1.19 bits per heavy atom. The third kappa shape index (κ3) is 3.89. The van der Waals surface area contributed by atoms with Gasteiger partial charge in [-0.2, -0.15) is 4.98 Å². The number of aliphatic hydroxyl groups excluding tert-OH is 1. The molecule has 2 heterocycles. The van der Waals surface area contributed by atoms with Gasteiger partial charge in [-0.3, -0.25) is 0 Å². The van der Waals surface area contributed by atoms with Crippen LogP contribution in [0.5, 0.6) is 0 Å². The summed E-state index contributed by atoms with van der Waals surface area (Å²) >= 11 is 0. The van der Waals surface area contributed by atoms with Gasteiger partial charge in [0.05, 0.1) is 6.10 Å². The lowest BCUT2D eigenvalue weighted by Crippen LogP contribution is -2.36. The van der Waals surface area contributed by atoms with E-state index in [0.29, 0.717) is 11.7 Å². The van der Waals surface area contributed by atoms with Gasteiger partial charge in [-0.15, -0.1) is 0 Å². The fourth-order valence-corrected chi connectivity index (χ4v) is 2.66. The van der Waals surface area contributed by atoms with Crippen LogP contribution in [0, 0.1) is 0 Å². The number of rotatable bonds is 5. The summed E-state index contributed by atoms with van der Waals surface area (Å²) in [6.45, 7) is 3.00. The molecule has 0 saturated carbocycles. The number of aliphatic hydroxyl groups is 1. The Bertz CT molecular complexity index is 548. The topological polar surface area (TPSA) is 62.4 Å². The highest BCUT2D eigenvalue weighted by molar-refractivity contribution is 5.53. The normalized spacial score (nSPS) is 17.2. The number of piperidine rings is 1. The van der Waals surface area contributed by atoms with Crippen LogP contribution in [0.25, 0.3) is 11.4 Å². The number of likely N-dealkylation sites (tertiary alicyclic amines) is 1.